The zero-order valence-corrected chi connectivity index (χ0v) is 16.6. The number of aromatic nitrogens is 1. The highest BCUT2D eigenvalue weighted by Gasteiger charge is 2.07. The average Bonchev–Trinajstić information content (AvgIpc) is 2.67. The molecule has 28 heavy (non-hydrogen) atoms. The summed E-state index contributed by atoms with van der Waals surface area (Å²) < 4.78 is 5.13. The van der Waals surface area contributed by atoms with Crippen molar-refractivity contribution < 1.29 is 9.53 Å². The predicted molar refractivity (Wildman–Crippen MR) is 112 cm³/mol. The third kappa shape index (κ3) is 4.80. The number of hydrogen-bond acceptors (Lipinski definition) is 3. The molecule has 146 valence electrons. The normalized spacial score (nSPS) is 10.8. The molecular weight excluding hydrogens is 352 g/mol. The molecule has 3 rings (SSSR count). The van der Waals surface area contributed by atoms with Gasteiger partial charge in [0.05, 0.1) is 7.11 Å². The van der Waals surface area contributed by atoms with Crippen LogP contribution in [0.2, 0.25) is 0 Å². The van der Waals surface area contributed by atoms with E-state index in [9.17, 15) is 9.59 Å². The molecule has 5 nitrogen and oxygen atoms in total. The number of fused-ring (bicyclic) bond motifs is 1. The van der Waals surface area contributed by atoms with E-state index in [1.165, 1.54) is 0 Å². The van der Waals surface area contributed by atoms with Gasteiger partial charge in [-0.3, -0.25) is 9.59 Å². The van der Waals surface area contributed by atoms with Crippen molar-refractivity contribution >= 4 is 16.8 Å². The van der Waals surface area contributed by atoms with Crippen molar-refractivity contribution in [2.24, 2.45) is 0 Å². The number of pyridine rings is 1. The van der Waals surface area contributed by atoms with Gasteiger partial charge in [-0.05, 0) is 67.6 Å². The molecule has 2 aromatic carbocycles. The van der Waals surface area contributed by atoms with E-state index in [0.29, 0.717) is 31.4 Å². The second-order valence-electron chi connectivity index (χ2n) is 7.11. The minimum Gasteiger partial charge on any atom is -0.497 e. The van der Waals surface area contributed by atoms with E-state index in [1.807, 2.05) is 50.2 Å². The van der Waals surface area contributed by atoms with Crippen molar-refractivity contribution in [2.75, 3.05) is 13.7 Å². The molecule has 0 radical (unpaired) electrons. The maximum atomic E-state index is 12.3. The Hall–Kier alpha value is -3.08. The molecule has 5 heteroatoms. The second kappa shape index (κ2) is 8.74. The first kappa shape index (κ1) is 19.7. The van der Waals surface area contributed by atoms with Gasteiger partial charge in [0.2, 0.25) is 5.91 Å². The molecule has 3 aromatic rings. The van der Waals surface area contributed by atoms with Crippen LogP contribution >= 0.6 is 0 Å². The van der Waals surface area contributed by atoms with Crippen molar-refractivity contribution in [3.8, 4) is 5.75 Å². The summed E-state index contributed by atoms with van der Waals surface area (Å²) in [7, 11) is 1.63. The van der Waals surface area contributed by atoms with Crippen molar-refractivity contribution in [1.82, 2.24) is 10.3 Å². The van der Waals surface area contributed by atoms with Crippen molar-refractivity contribution in [3.63, 3.8) is 0 Å². The SMILES string of the molecule is COc1ccc(CCC(=O)NCCc2cc3c(C)cc(C)cc3[nH]c2=O)cc1. The lowest BCUT2D eigenvalue weighted by Crippen LogP contribution is -2.27. The maximum Gasteiger partial charge on any atom is 0.251 e. The minimum absolute atomic E-state index is 0.0140. The highest BCUT2D eigenvalue weighted by atomic mass is 16.5. The number of aromatic amines is 1. The topological polar surface area (TPSA) is 71.2 Å². The number of H-pyrrole nitrogens is 1. The van der Waals surface area contributed by atoms with Gasteiger partial charge in [-0.25, -0.2) is 0 Å². The van der Waals surface area contributed by atoms with Crippen LogP contribution in [0.5, 0.6) is 5.75 Å². The Morgan fingerprint density at radius 2 is 1.82 bits per heavy atom. The lowest BCUT2D eigenvalue weighted by atomic mass is 10.0. The van der Waals surface area contributed by atoms with E-state index in [2.05, 4.69) is 16.4 Å². The van der Waals surface area contributed by atoms with Crippen LogP contribution in [0, 0.1) is 13.8 Å². The highest BCUT2D eigenvalue weighted by molar-refractivity contribution is 5.83. The van der Waals surface area contributed by atoms with Gasteiger partial charge < -0.3 is 15.0 Å². The number of rotatable bonds is 7. The van der Waals surface area contributed by atoms with Crippen LogP contribution in [0.15, 0.2) is 47.3 Å². The summed E-state index contributed by atoms with van der Waals surface area (Å²) in [5, 5.41) is 3.95. The first-order valence-corrected chi connectivity index (χ1v) is 9.49. The number of methoxy groups -OCH3 is 1. The van der Waals surface area contributed by atoms with Gasteiger partial charge in [0.25, 0.3) is 5.56 Å². The Bertz CT molecular complexity index is 1040. The smallest absolute Gasteiger partial charge is 0.251 e. The number of hydrogen-bond donors (Lipinski definition) is 2. The minimum atomic E-state index is -0.0926. The fraction of sp³-hybridized carbons (Fsp3) is 0.304. The van der Waals surface area contributed by atoms with Crippen molar-refractivity contribution in [3.05, 3.63) is 75.1 Å². The number of benzene rings is 2. The fourth-order valence-electron chi connectivity index (χ4n) is 3.38. The summed E-state index contributed by atoms with van der Waals surface area (Å²) in [6.07, 6.45) is 1.59. The lowest BCUT2D eigenvalue weighted by Gasteiger charge is -2.08. The Balaban J connectivity index is 1.54. The van der Waals surface area contributed by atoms with E-state index in [0.717, 1.165) is 33.3 Å². The first-order valence-electron chi connectivity index (χ1n) is 9.49. The van der Waals surface area contributed by atoms with Crippen LogP contribution in [0.25, 0.3) is 10.9 Å². The highest BCUT2D eigenvalue weighted by Crippen LogP contribution is 2.18. The monoisotopic (exact) mass is 378 g/mol. The number of nitrogens with one attached hydrogen (secondary N) is 2. The summed E-state index contributed by atoms with van der Waals surface area (Å²) in [4.78, 5) is 27.4. The molecular formula is C23H26N2O3. The van der Waals surface area contributed by atoms with E-state index in [-0.39, 0.29) is 11.5 Å². The molecule has 2 N–H and O–H groups in total. The first-order chi connectivity index (χ1) is 13.5. The number of amides is 1. The largest absolute Gasteiger partial charge is 0.497 e. The lowest BCUT2D eigenvalue weighted by molar-refractivity contribution is -0.121. The van der Waals surface area contributed by atoms with Crippen LogP contribution in [-0.4, -0.2) is 24.5 Å². The number of carbonyl (C=O) groups is 1. The zero-order chi connectivity index (χ0) is 20.1. The third-order valence-electron chi connectivity index (χ3n) is 4.91. The summed E-state index contributed by atoms with van der Waals surface area (Å²) in [6.45, 7) is 4.50. The van der Waals surface area contributed by atoms with Gasteiger partial charge in [0.15, 0.2) is 0 Å². The molecule has 0 aliphatic rings. The molecule has 0 fully saturated rings. The van der Waals surface area contributed by atoms with Crippen molar-refractivity contribution in [2.45, 2.75) is 33.1 Å². The Kier molecular flexibility index (Phi) is 6.14. The molecule has 0 aliphatic heterocycles. The standard InChI is InChI=1S/C23H26N2O3/c1-15-12-16(2)20-14-18(23(27)25-21(20)13-15)10-11-24-22(26)9-6-17-4-7-19(28-3)8-5-17/h4-5,7-8,12-14H,6,9-11H2,1-3H3,(H,24,26)(H,25,27). The molecule has 1 heterocycles. The molecule has 0 spiro atoms. The number of ether oxygens (including phenoxy) is 1. The maximum absolute atomic E-state index is 12.3. The predicted octanol–water partition coefficient (Wildman–Crippen LogP) is 3.45. The average molecular weight is 378 g/mol. The van der Waals surface area contributed by atoms with Crippen LogP contribution < -0.4 is 15.6 Å². The van der Waals surface area contributed by atoms with Crippen LogP contribution in [-0.2, 0) is 17.6 Å². The molecule has 0 unspecified atom stereocenters. The van der Waals surface area contributed by atoms with Crippen LogP contribution in [0.4, 0.5) is 0 Å². The molecule has 0 aliphatic carbocycles. The van der Waals surface area contributed by atoms with Gasteiger partial charge in [-0.15, -0.1) is 0 Å². The Labute approximate surface area is 164 Å². The Morgan fingerprint density at radius 3 is 2.54 bits per heavy atom. The van der Waals surface area contributed by atoms with Crippen molar-refractivity contribution in [1.29, 1.82) is 0 Å². The summed E-state index contributed by atoms with van der Waals surface area (Å²) >= 11 is 0. The summed E-state index contributed by atoms with van der Waals surface area (Å²) in [5.41, 5.74) is 4.80. The molecule has 1 aromatic heterocycles. The fourth-order valence-corrected chi connectivity index (χ4v) is 3.38. The zero-order valence-electron chi connectivity index (χ0n) is 16.6. The second-order valence-corrected chi connectivity index (χ2v) is 7.11. The Morgan fingerprint density at radius 1 is 1.07 bits per heavy atom. The van der Waals surface area contributed by atoms with Gasteiger partial charge >= 0.3 is 0 Å². The number of aryl methyl sites for hydroxylation is 3. The summed E-state index contributed by atoms with van der Waals surface area (Å²) in [5.74, 6) is 0.791. The molecule has 0 atom stereocenters. The van der Waals surface area contributed by atoms with E-state index in [1.54, 1.807) is 7.11 Å². The third-order valence-corrected chi connectivity index (χ3v) is 4.91. The summed E-state index contributed by atoms with van der Waals surface area (Å²) in [6, 6.07) is 13.7. The van der Waals surface area contributed by atoms with Gasteiger partial charge in [-0.1, -0.05) is 18.2 Å². The van der Waals surface area contributed by atoms with E-state index >= 15 is 0 Å². The van der Waals surface area contributed by atoms with E-state index in [4.69, 9.17) is 4.74 Å². The van der Waals surface area contributed by atoms with Gasteiger partial charge in [-0.2, -0.15) is 0 Å². The van der Waals surface area contributed by atoms with Gasteiger partial charge in [0.1, 0.15) is 5.75 Å². The van der Waals surface area contributed by atoms with E-state index < -0.39 is 0 Å². The molecule has 0 bridgehead atoms. The van der Waals surface area contributed by atoms with Crippen LogP contribution in [0.1, 0.15) is 28.7 Å². The van der Waals surface area contributed by atoms with Gasteiger partial charge in [0, 0.05) is 29.4 Å². The molecule has 0 saturated heterocycles. The molecule has 0 saturated carbocycles. The quantitative estimate of drug-likeness (QED) is 0.662. The molecule has 1 amide bonds. The number of carbonyl (C=O) groups excluding carboxylic acids is 1. The van der Waals surface area contributed by atoms with Crippen LogP contribution in [0.3, 0.4) is 0 Å².